The topological polar surface area (TPSA) is 90.0 Å². The van der Waals surface area contributed by atoms with Crippen LogP contribution >= 0.6 is 0 Å². The molecule has 0 aromatic heterocycles. The molecule has 0 aliphatic carbocycles. The molecule has 2 N–H and O–H groups in total. The number of anilines is 1. The Morgan fingerprint density at radius 1 is 1.12 bits per heavy atom. The smallest absolute Gasteiger partial charge is 0.255 e. The molecule has 3 amide bonds. The monoisotopic (exact) mass is 361 g/mol. The number of carbonyl (C=O) groups excluding carboxylic acids is 3. The third kappa shape index (κ3) is 2.74. The molecule has 4 rings (SSSR count). The maximum absolute atomic E-state index is 15.1. The summed E-state index contributed by atoms with van der Waals surface area (Å²) in [5, 5.41) is 11.9. The third-order valence-electron chi connectivity index (χ3n) is 5.43. The molecule has 0 bridgehead atoms. The summed E-state index contributed by atoms with van der Waals surface area (Å²) < 4.78 is 15.1. The van der Waals surface area contributed by atoms with Gasteiger partial charge in [-0.05, 0) is 31.4 Å². The van der Waals surface area contributed by atoms with Crippen molar-refractivity contribution in [3.63, 3.8) is 0 Å². The number of hydrogen-bond donors (Lipinski definition) is 2. The molecule has 0 spiro atoms. The molecule has 8 heteroatoms. The van der Waals surface area contributed by atoms with E-state index in [1.54, 1.807) is 12.1 Å². The lowest BCUT2D eigenvalue weighted by atomic mass is 10.0. The molecule has 0 radical (unpaired) electrons. The normalized spacial score (nSPS) is 24.1. The fourth-order valence-corrected chi connectivity index (χ4v) is 3.94. The van der Waals surface area contributed by atoms with Crippen LogP contribution in [0.1, 0.15) is 41.6 Å². The molecule has 1 aromatic carbocycles. The molecule has 2 fully saturated rings. The number of aliphatic hydroxyl groups excluding tert-OH is 1. The molecule has 0 saturated carbocycles. The van der Waals surface area contributed by atoms with Crippen molar-refractivity contribution in [2.45, 2.75) is 44.4 Å². The first-order chi connectivity index (χ1) is 12.5. The Kier molecular flexibility index (Phi) is 4.14. The van der Waals surface area contributed by atoms with Crippen molar-refractivity contribution in [1.29, 1.82) is 0 Å². The first-order valence-electron chi connectivity index (χ1n) is 8.84. The van der Waals surface area contributed by atoms with Gasteiger partial charge < -0.3 is 14.9 Å². The Bertz CT molecular complexity index is 789. The molecule has 3 aliphatic heterocycles. The van der Waals surface area contributed by atoms with Crippen LogP contribution in [0.5, 0.6) is 0 Å². The van der Waals surface area contributed by atoms with Crippen LogP contribution in [0.2, 0.25) is 0 Å². The molecule has 138 valence electrons. The zero-order valence-electron chi connectivity index (χ0n) is 14.2. The minimum absolute atomic E-state index is 0.0244. The Morgan fingerprint density at radius 3 is 2.54 bits per heavy atom. The van der Waals surface area contributed by atoms with Crippen LogP contribution in [0.4, 0.5) is 10.1 Å². The van der Waals surface area contributed by atoms with E-state index in [1.165, 1.54) is 4.90 Å². The zero-order chi connectivity index (χ0) is 18.4. The van der Waals surface area contributed by atoms with Crippen molar-refractivity contribution in [1.82, 2.24) is 10.2 Å². The van der Waals surface area contributed by atoms with Gasteiger partial charge in [0.2, 0.25) is 11.8 Å². The summed E-state index contributed by atoms with van der Waals surface area (Å²) in [5.74, 6) is -1.68. The summed E-state index contributed by atoms with van der Waals surface area (Å²) in [6, 6.07) is 2.45. The van der Waals surface area contributed by atoms with Crippen LogP contribution in [0.3, 0.4) is 0 Å². The van der Waals surface area contributed by atoms with Gasteiger partial charge in [0.15, 0.2) is 5.82 Å². The molecular formula is C18H20FN3O4. The van der Waals surface area contributed by atoms with Gasteiger partial charge in [-0.15, -0.1) is 0 Å². The van der Waals surface area contributed by atoms with E-state index < -0.39 is 17.8 Å². The van der Waals surface area contributed by atoms with Crippen molar-refractivity contribution >= 4 is 23.4 Å². The molecule has 2 saturated heterocycles. The predicted octanol–water partition coefficient (Wildman–Crippen LogP) is 0.548. The van der Waals surface area contributed by atoms with E-state index in [-0.39, 0.29) is 42.9 Å². The lowest BCUT2D eigenvalue weighted by Gasteiger charge is -2.32. The highest BCUT2D eigenvalue weighted by molar-refractivity contribution is 6.05. The first kappa shape index (κ1) is 17.0. The Morgan fingerprint density at radius 2 is 1.85 bits per heavy atom. The van der Waals surface area contributed by atoms with Crippen LogP contribution in [-0.2, 0) is 16.1 Å². The number of benzene rings is 1. The minimum atomic E-state index is -0.749. The largest absolute Gasteiger partial charge is 0.393 e. The Hall–Kier alpha value is -2.48. The average molecular weight is 361 g/mol. The summed E-state index contributed by atoms with van der Waals surface area (Å²) in [4.78, 5) is 39.3. The average Bonchev–Trinajstić information content (AvgIpc) is 2.94. The van der Waals surface area contributed by atoms with Crippen molar-refractivity contribution in [2.75, 3.05) is 18.0 Å². The van der Waals surface area contributed by atoms with Gasteiger partial charge in [-0.3, -0.25) is 19.7 Å². The number of nitrogens with one attached hydrogen (secondary N) is 1. The second-order valence-electron chi connectivity index (χ2n) is 7.04. The van der Waals surface area contributed by atoms with Gasteiger partial charge in [0.05, 0.1) is 18.3 Å². The van der Waals surface area contributed by atoms with E-state index in [2.05, 4.69) is 5.32 Å². The van der Waals surface area contributed by atoms with E-state index in [9.17, 15) is 19.5 Å². The lowest BCUT2D eigenvalue weighted by molar-refractivity contribution is -0.136. The highest BCUT2D eigenvalue weighted by atomic mass is 19.1. The molecule has 7 nitrogen and oxygen atoms in total. The number of halogens is 1. The van der Waals surface area contributed by atoms with Gasteiger partial charge in [0.1, 0.15) is 6.04 Å². The summed E-state index contributed by atoms with van der Waals surface area (Å²) in [5.41, 5.74) is 0.991. The molecule has 3 heterocycles. The number of nitrogens with zero attached hydrogens (tertiary/aromatic N) is 2. The minimum Gasteiger partial charge on any atom is -0.393 e. The number of amides is 3. The number of carbonyl (C=O) groups is 3. The Labute approximate surface area is 149 Å². The molecule has 1 aromatic rings. The van der Waals surface area contributed by atoms with Crippen LogP contribution in [0.25, 0.3) is 0 Å². The number of rotatable bonds is 2. The maximum atomic E-state index is 15.1. The van der Waals surface area contributed by atoms with Crippen LogP contribution in [0.15, 0.2) is 12.1 Å². The van der Waals surface area contributed by atoms with E-state index in [4.69, 9.17) is 0 Å². The third-order valence-corrected chi connectivity index (χ3v) is 5.43. The quantitative estimate of drug-likeness (QED) is 0.751. The van der Waals surface area contributed by atoms with E-state index >= 15 is 4.39 Å². The highest BCUT2D eigenvalue weighted by Crippen LogP contribution is 2.34. The number of piperidine rings is 2. The molecular weight excluding hydrogens is 341 g/mol. The maximum Gasteiger partial charge on any atom is 0.255 e. The zero-order valence-corrected chi connectivity index (χ0v) is 14.2. The molecule has 1 unspecified atom stereocenters. The van der Waals surface area contributed by atoms with Gasteiger partial charge in [0, 0.05) is 30.6 Å². The summed E-state index contributed by atoms with van der Waals surface area (Å²) in [6.07, 6.45) is 1.23. The molecule has 1 atom stereocenters. The molecule has 3 aliphatic rings. The van der Waals surface area contributed by atoms with Crippen LogP contribution in [-0.4, -0.2) is 53.0 Å². The Balaban J connectivity index is 1.59. The summed E-state index contributed by atoms with van der Waals surface area (Å²) >= 11 is 0. The second kappa shape index (κ2) is 6.35. The van der Waals surface area contributed by atoms with Crippen molar-refractivity contribution in [3.05, 3.63) is 29.1 Å². The number of imide groups is 1. The predicted molar refractivity (Wildman–Crippen MR) is 89.9 cm³/mol. The standard InChI is InChI=1S/C18H20FN3O4/c19-16-12-9-22(14-3-4-15(24)20-17(14)25)18(26)11(12)1-2-13(16)21-7-5-10(23)6-8-21/h1-2,10,14,23H,3-9H2,(H,20,24,25). The number of aliphatic hydroxyl groups is 1. The van der Waals surface area contributed by atoms with E-state index in [0.29, 0.717) is 37.2 Å². The van der Waals surface area contributed by atoms with Gasteiger partial charge in [-0.25, -0.2) is 4.39 Å². The summed E-state index contributed by atoms with van der Waals surface area (Å²) in [7, 11) is 0. The van der Waals surface area contributed by atoms with E-state index in [1.807, 2.05) is 4.90 Å². The van der Waals surface area contributed by atoms with Crippen molar-refractivity contribution < 1.29 is 23.9 Å². The van der Waals surface area contributed by atoms with Gasteiger partial charge in [-0.2, -0.15) is 0 Å². The molecule has 26 heavy (non-hydrogen) atoms. The van der Waals surface area contributed by atoms with Crippen molar-refractivity contribution in [3.8, 4) is 0 Å². The fraction of sp³-hybridized carbons (Fsp3) is 0.500. The second-order valence-corrected chi connectivity index (χ2v) is 7.04. The van der Waals surface area contributed by atoms with Gasteiger partial charge in [-0.1, -0.05) is 0 Å². The van der Waals surface area contributed by atoms with Crippen molar-refractivity contribution in [2.24, 2.45) is 0 Å². The van der Waals surface area contributed by atoms with Gasteiger partial charge >= 0.3 is 0 Å². The summed E-state index contributed by atoms with van der Waals surface area (Å²) in [6.45, 7) is 1.14. The fourth-order valence-electron chi connectivity index (χ4n) is 3.94. The first-order valence-corrected chi connectivity index (χ1v) is 8.84. The number of hydrogen-bond acceptors (Lipinski definition) is 5. The van der Waals surface area contributed by atoms with Crippen LogP contribution < -0.4 is 10.2 Å². The highest BCUT2D eigenvalue weighted by Gasteiger charge is 2.40. The van der Waals surface area contributed by atoms with E-state index in [0.717, 1.165) is 0 Å². The number of fused-ring (bicyclic) bond motifs is 1. The van der Waals surface area contributed by atoms with Gasteiger partial charge in [0.25, 0.3) is 5.91 Å². The lowest BCUT2D eigenvalue weighted by Crippen LogP contribution is -2.52. The van der Waals surface area contributed by atoms with Crippen LogP contribution in [0, 0.1) is 5.82 Å². The SMILES string of the molecule is O=C1CCC(N2Cc3c(ccc(N4CCC(O)CC4)c3F)C2=O)C(=O)N1.